The molecule has 0 amide bonds. The van der Waals surface area contributed by atoms with Gasteiger partial charge in [-0.2, -0.15) is 0 Å². The molecule has 2 aromatic carbocycles. The molecule has 0 bridgehead atoms. The Kier molecular flexibility index (Phi) is 4.23. The Bertz CT molecular complexity index is 770. The van der Waals surface area contributed by atoms with Gasteiger partial charge in [-0.05, 0) is 78.6 Å². The summed E-state index contributed by atoms with van der Waals surface area (Å²) in [5, 5.41) is 0. The number of nitrogens with zero attached hydrogens (tertiary/aromatic N) is 1. The molecule has 1 aliphatic heterocycles. The molecule has 2 nitrogen and oxygen atoms in total. The number of hydrogen-bond donors (Lipinski definition) is 0. The quantitative estimate of drug-likeness (QED) is 0.703. The molecule has 0 radical (unpaired) electrons. The maximum absolute atomic E-state index is 5.53. The van der Waals surface area contributed by atoms with E-state index in [1.807, 2.05) is 0 Å². The molecule has 1 saturated heterocycles. The topological polar surface area (TPSA) is 12.5 Å². The summed E-state index contributed by atoms with van der Waals surface area (Å²) in [6.45, 7) is 7.06. The van der Waals surface area contributed by atoms with Gasteiger partial charge >= 0.3 is 0 Å². The van der Waals surface area contributed by atoms with Crippen LogP contribution in [0.2, 0.25) is 0 Å². The highest BCUT2D eigenvalue weighted by atomic mass is 16.5. The monoisotopic (exact) mass is 335 g/mol. The molecule has 4 rings (SSSR count). The molecule has 0 saturated carbocycles. The largest absolute Gasteiger partial charge is 0.497 e. The van der Waals surface area contributed by atoms with Crippen molar-refractivity contribution < 1.29 is 4.74 Å². The van der Waals surface area contributed by atoms with E-state index in [0.29, 0.717) is 0 Å². The van der Waals surface area contributed by atoms with Crippen LogP contribution in [0.25, 0.3) is 11.1 Å². The Morgan fingerprint density at radius 1 is 0.880 bits per heavy atom. The maximum atomic E-state index is 5.53. The highest BCUT2D eigenvalue weighted by molar-refractivity contribution is 5.83. The van der Waals surface area contributed by atoms with Crippen LogP contribution in [0.3, 0.4) is 0 Å². The first-order chi connectivity index (χ1) is 12.2. The minimum atomic E-state index is 0.116. The fourth-order valence-electron chi connectivity index (χ4n) is 4.95. The number of fused-ring (bicyclic) bond motifs is 3. The van der Waals surface area contributed by atoms with Crippen molar-refractivity contribution in [3.8, 4) is 16.9 Å². The van der Waals surface area contributed by atoms with Crippen molar-refractivity contribution >= 4 is 5.69 Å². The van der Waals surface area contributed by atoms with Crippen LogP contribution in [0, 0.1) is 0 Å². The van der Waals surface area contributed by atoms with Gasteiger partial charge in [-0.15, -0.1) is 0 Å². The number of piperidine rings is 1. The molecule has 132 valence electrons. The lowest BCUT2D eigenvalue weighted by molar-refractivity contribution is 0.411. The molecular formula is C23H29NO. The summed E-state index contributed by atoms with van der Waals surface area (Å²) in [6.07, 6.45) is 6.27. The second-order valence-corrected chi connectivity index (χ2v) is 7.48. The van der Waals surface area contributed by atoms with E-state index in [1.54, 1.807) is 7.11 Å². The zero-order valence-electron chi connectivity index (χ0n) is 15.8. The molecule has 0 unspecified atom stereocenters. The smallest absolute Gasteiger partial charge is 0.119 e. The average molecular weight is 335 g/mol. The first-order valence-electron chi connectivity index (χ1n) is 9.82. The summed E-state index contributed by atoms with van der Waals surface area (Å²) >= 11 is 0. The van der Waals surface area contributed by atoms with E-state index in [0.717, 1.165) is 18.6 Å². The van der Waals surface area contributed by atoms with Gasteiger partial charge in [0.25, 0.3) is 0 Å². The third-order valence-electron chi connectivity index (χ3n) is 6.48. The Hall–Kier alpha value is -1.96. The first kappa shape index (κ1) is 16.5. The van der Waals surface area contributed by atoms with Gasteiger partial charge in [0.1, 0.15) is 5.75 Å². The lowest BCUT2D eigenvalue weighted by Crippen LogP contribution is -2.30. The van der Waals surface area contributed by atoms with E-state index >= 15 is 0 Å². The molecule has 25 heavy (non-hydrogen) atoms. The summed E-state index contributed by atoms with van der Waals surface area (Å²) in [4.78, 5) is 2.57. The van der Waals surface area contributed by atoms with Crippen LogP contribution in [0.15, 0.2) is 36.4 Å². The molecule has 1 heterocycles. The van der Waals surface area contributed by atoms with Crippen LogP contribution in [0.1, 0.15) is 57.1 Å². The van der Waals surface area contributed by atoms with E-state index in [9.17, 15) is 0 Å². The van der Waals surface area contributed by atoms with E-state index in [4.69, 9.17) is 4.74 Å². The Morgan fingerprint density at radius 2 is 1.52 bits per heavy atom. The molecule has 0 atom stereocenters. The van der Waals surface area contributed by atoms with Gasteiger partial charge in [0.2, 0.25) is 0 Å². The van der Waals surface area contributed by atoms with Crippen molar-refractivity contribution in [1.82, 2.24) is 0 Å². The van der Waals surface area contributed by atoms with Crippen molar-refractivity contribution in [2.24, 2.45) is 0 Å². The Morgan fingerprint density at radius 3 is 2.16 bits per heavy atom. The Labute approximate surface area is 151 Å². The molecular weight excluding hydrogens is 306 g/mol. The zero-order valence-corrected chi connectivity index (χ0v) is 15.8. The standard InChI is InChI=1S/C23H29NO/c1-4-23(5-2)21-15-17(24-13-7-6-8-14-24)9-11-19(21)20-12-10-18(25-3)16-22(20)23/h9-12,15-16H,4-8,13-14H2,1-3H3. The van der Waals surface area contributed by atoms with Gasteiger partial charge in [0.05, 0.1) is 7.11 Å². The fourth-order valence-corrected chi connectivity index (χ4v) is 4.95. The van der Waals surface area contributed by atoms with Crippen molar-refractivity contribution in [2.75, 3.05) is 25.1 Å². The summed E-state index contributed by atoms with van der Waals surface area (Å²) in [5.41, 5.74) is 7.30. The van der Waals surface area contributed by atoms with Crippen LogP contribution in [0.4, 0.5) is 5.69 Å². The third-order valence-corrected chi connectivity index (χ3v) is 6.48. The van der Waals surface area contributed by atoms with Gasteiger partial charge in [-0.25, -0.2) is 0 Å². The summed E-state index contributed by atoms with van der Waals surface area (Å²) < 4.78 is 5.53. The fraction of sp³-hybridized carbons (Fsp3) is 0.478. The molecule has 2 heteroatoms. The molecule has 2 aliphatic rings. The predicted molar refractivity (Wildman–Crippen MR) is 106 cm³/mol. The number of anilines is 1. The van der Waals surface area contributed by atoms with E-state index in [-0.39, 0.29) is 5.41 Å². The SMILES string of the molecule is CCC1(CC)c2cc(OC)ccc2-c2ccc(N3CCCCC3)cc21. The third kappa shape index (κ3) is 2.46. The normalized spacial score (nSPS) is 18.0. The van der Waals surface area contributed by atoms with E-state index in [2.05, 4.69) is 55.1 Å². The Balaban J connectivity index is 1.86. The van der Waals surface area contributed by atoms with Gasteiger partial charge in [-0.3, -0.25) is 0 Å². The van der Waals surface area contributed by atoms with Crippen molar-refractivity contribution in [3.05, 3.63) is 47.5 Å². The minimum absolute atomic E-state index is 0.116. The summed E-state index contributed by atoms with van der Waals surface area (Å²) in [5.74, 6) is 0.967. The molecule has 0 N–H and O–H groups in total. The zero-order chi connectivity index (χ0) is 17.4. The van der Waals surface area contributed by atoms with Crippen LogP contribution < -0.4 is 9.64 Å². The summed E-state index contributed by atoms with van der Waals surface area (Å²) in [6, 6.07) is 13.8. The van der Waals surface area contributed by atoms with Gasteiger partial charge in [0, 0.05) is 24.2 Å². The van der Waals surface area contributed by atoms with Crippen molar-refractivity contribution in [1.29, 1.82) is 0 Å². The van der Waals surface area contributed by atoms with Crippen LogP contribution in [-0.2, 0) is 5.41 Å². The van der Waals surface area contributed by atoms with Crippen molar-refractivity contribution in [2.45, 2.75) is 51.4 Å². The average Bonchev–Trinajstić information content (AvgIpc) is 2.97. The van der Waals surface area contributed by atoms with Crippen LogP contribution in [0.5, 0.6) is 5.75 Å². The molecule has 1 fully saturated rings. The van der Waals surface area contributed by atoms with Crippen LogP contribution in [-0.4, -0.2) is 20.2 Å². The van der Waals surface area contributed by atoms with E-state index in [1.165, 1.54) is 60.3 Å². The minimum Gasteiger partial charge on any atom is -0.497 e. The molecule has 1 aliphatic carbocycles. The second kappa shape index (κ2) is 6.40. The number of rotatable bonds is 4. The number of ether oxygens (including phenoxy) is 1. The molecule has 0 spiro atoms. The lowest BCUT2D eigenvalue weighted by atomic mass is 9.73. The number of hydrogen-bond acceptors (Lipinski definition) is 2. The highest BCUT2D eigenvalue weighted by Gasteiger charge is 2.41. The van der Waals surface area contributed by atoms with Crippen LogP contribution >= 0.6 is 0 Å². The number of benzene rings is 2. The van der Waals surface area contributed by atoms with Crippen molar-refractivity contribution in [3.63, 3.8) is 0 Å². The van der Waals surface area contributed by atoms with Gasteiger partial charge in [-0.1, -0.05) is 26.0 Å². The van der Waals surface area contributed by atoms with Gasteiger partial charge in [0.15, 0.2) is 0 Å². The second-order valence-electron chi connectivity index (χ2n) is 7.48. The van der Waals surface area contributed by atoms with Gasteiger partial charge < -0.3 is 9.64 Å². The number of methoxy groups -OCH3 is 1. The van der Waals surface area contributed by atoms with E-state index < -0.39 is 0 Å². The predicted octanol–water partition coefficient (Wildman–Crippen LogP) is 5.77. The molecule has 0 aromatic heterocycles. The lowest BCUT2D eigenvalue weighted by Gasteiger charge is -2.33. The first-order valence-corrected chi connectivity index (χ1v) is 9.82. The highest BCUT2D eigenvalue weighted by Crippen LogP contribution is 2.54. The molecule has 2 aromatic rings. The summed E-state index contributed by atoms with van der Waals surface area (Å²) in [7, 11) is 1.76. The maximum Gasteiger partial charge on any atom is 0.119 e.